The summed E-state index contributed by atoms with van der Waals surface area (Å²) in [5, 5.41) is 13.1. The van der Waals surface area contributed by atoms with Crippen LogP contribution in [0.25, 0.3) is 0 Å². The van der Waals surface area contributed by atoms with E-state index in [0.29, 0.717) is 27.8 Å². The first-order chi connectivity index (χ1) is 12.5. The van der Waals surface area contributed by atoms with Gasteiger partial charge < -0.3 is 0 Å². The molecule has 1 N–H and O–H groups in total. The second-order valence-electron chi connectivity index (χ2n) is 5.22. The van der Waals surface area contributed by atoms with Gasteiger partial charge in [-0.2, -0.15) is 14.9 Å². The predicted molar refractivity (Wildman–Crippen MR) is 101 cm³/mol. The van der Waals surface area contributed by atoms with Gasteiger partial charge >= 0.3 is 0 Å². The minimum atomic E-state index is -0.495. The smallest absolute Gasteiger partial charge is 0.230 e. The van der Waals surface area contributed by atoms with Gasteiger partial charge in [0.25, 0.3) is 0 Å². The van der Waals surface area contributed by atoms with Crippen molar-refractivity contribution in [3.8, 4) is 0 Å². The molecular formula is C16H15FN6OS2. The molecule has 2 aromatic heterocycles. The highest BCUT2D eigenvalue weighted by Gasteiger charge is 2.20. The van der Waals surface area contributed by atoms with E-state index in [0.717, 1.165) is 0 Å². The molecule has 0 saturated heterocycles. The zero-order valence-electron chi connectivity index (χ0n) is 14.0. The molecule has 0 bridgehead atoms. The third-order valence-corrected chi connectivity index (χ3v) is 4.56. The number of nitrogens with zero attached hydrogens (tertiary/aromatic N) is 5. The summed E-state index contributed by atoms with van der Waals surface area (Å²) in [5.74, 6) is -0.137. The highest BCUT2D eigenvalue weighted by molar-refractivity contribution is 7.71. The molecule has 0 radical (unpaired) electrons. The molecule has 7 nitrogen and oxygen atoms in total. The number of thiazole rings is 1. The van der Waals surface area contributed by atoms with E-state index in [1.54, 1.807) is 17.5 Å². The average Bonchev–Trinajstić information content (AvgIpc) is 3.21. The van der Waals surface area contributed by atoms with Gasteiger partial charge in [-0.05, 0) is 24.4 Å². The second-order valence-corrected chi connectivity index (χ2v) is 6.44. The standard InChI is InChI=1S/C16H15FN6OS2/c1-3-14-20-21-15(25)23(14)18-8-11-9-26-16(19-11)22(10(2)24)13-7-5-4-6-12(13)17/h4-9H,3H2,1-2H3,(H,21,25)/b18-8-. The van der Waals surface area contributed by atoms with Crippen LogP contribution in [0.4, 0.5) is 15.2 Å². The van der Waals surface area contributed by atoms with Crippen molar-refractivity contribution in [2.24, 2.45) is 5.10 Å². The fraction of sp³-hybridized carbons (Fsp3) is 0.188. The zero-order valence-corrected chi connectivity index (χ0v) is 15.6. The van der Waals surface area contributed by atoms with Crippen molar-refractivity contribution < 1.29 is 9.18 Å². The van der Waals surface area contributed by atoms with E-state index in [9.17, 15) is 9.18 Å². The molecule has 0 unspecified atom stereocenters. The Morgan fingerprint density at radius 3 is 2.96 bits per heavy atom. The molecule has 0 fully saturated rings. The van der Waals surface area contributed by atoms with Gasteiger partial charge in [0.05, 0.1) is 17.6 Å². The number of aryl methyl sites for hydroxylation is 1. The zero-order chi connectivity index (χ0) is 18.7. The van der Waals surface area contributed by atoms with Gasteiger partial charge in [0.1, 0.15) is 5.82 Å². The molecular weight excluding hydrogens is 375 g/mol. The van der Waals surface area contributed by atoms with Crippen molar-refractivity contribution in [2.75, 3.05) is 4.90 Å². The Balaban J connectivity index is 1.92. The van der Waals surface area contributed by atoms with E-state index in [1.165, 1.54) is 46.2 Å². The number of anilines is 2. The molecule has 3 aromatic rings. The molecule has 10 heteroatoms. The molecule has 26 heavy (non-hydrogen) atoms. The van der Waals surface area contributed by atoms with Crippen molar-refractivity contribution in [1.82, 2.24) is 19.9 Å². The van der Waals surface area contributed by atoms with Crippen molar-refractivity contribution >= 4 is 46.5 Å². The van der Waals surface area contributed by atoms with Gasteiger partial charge in [-0.15, -0.1) is 11.3 Å². The predicted octanol–water partition coefficient (Wildman–Crippen LogP) is 3.67. The van der Waals surface area contributed by atoms with Gasteiger partial charge in [0, 0.05) is 18.7 Å². The van der Waals surface area contributed by atoms with Gasteiger partial charge in [0.15, 0.2) is 11.0 Å². The Labute approximate surface area is 157 Å². The molecule has 2 heterocycles. The number of benzene rings is 1. The Morgan fingerprint density at radius 1 is 1.50 bits per heavy atom. The summed E-state index contributed by atoms with van der Waals surface area (Å²) in [6.07, 6.45) is 2.18. The van der Waals surface area contributed by atoms with Crippen molar-refractivity contribution in [1.29, 1.82) is 0 Å². The molecule has 0 atom stereocenters. The lowest BCUT2D eigenvalue weighted by atomic mass is 10.3. The molecule has 0 aliphatic heterocycles. The summed E-state index contributed by atoms with van der Waals surface area (Å²) in [5.41, 5.74) is 0.681. The lowest BCUT2D eigenvalue weighted by Crippen LogP contribution is -2.23. The fourth-order valence-corrected chi connectivity index (χ4v) is 3.30. The topological polar surface area (TPSA) is 79.2 Å². The van der Waals surface area contributed by atoms with Crippen LogP contribution in [0.3, 0.4) is 0 Å². The van der Waals surface area contributed by atoms with Crippen LogP contribution in [0, 0.1) is 10.6 Å². The summed E-state index contributed by atoms with van der Waals surface area (Å²) in [4.78, 5) is 17.6. The molecule has 0 spiro atoms. The minimum Gasteiger partial charge on any atom is -0.274 e. The van der Waals surface area contributed by atoms with Gasteiger partial charge in [-0.3, -0.25) is 14.8 Å². The van der Waals surface area contributed by atoms with E-state index >= 15 is 0 Å². The molecule has 0 aliphatic carbocycles. The molecule has 0 saturated carbocycles. The van der Waals surface area contributed by atoms with Gasteiger partial charge in [-0.25, -0.2) is 9.37 Å². The maximum atomic E-state index is 14.1. The Hall–Kier alpha value is -2.72. The van der Waals surface area contributed by atoms with Gasteiger partial charge in [-0.1, -0.05) is 19.1 Å². The average molecular weight is 390 g/mol. The number of nitrogens with one attached hydrogen (secondary N) is 1. The number of hydrogen-bond acceptors (Lipinski definition) is 6. The van der Waals surface area contributed by atoms with Crippen LogP contribution in [0.2, 0.25) is 0 Å². The van der Waals surface area contributed by atoms with E-state index < -0.39 is 5.82 Å². The number of carbonyl (C=O) groups is 1. The highest BCUT2D eigenvalue weighted by atomic mass is 32.1. The first-order valence-corrected chi connectivity index (χ1v) is 9.01. The molecule has 1 amide bonds. The van der Waals surface area contributed by atoms with Crippen LogP contribution in [0.5, 0.6) is 0 Å². The summed E-state index contributed by atoms with van der Waals surface area (Å²) in [6, 6.07) is 6.06. The third kappa shape index (κ3) is 3.60. The van der Waals surface area contributed by atoms with E-state index in [-0.39, 0.29) is 11.6 Å². The largest absolute Gasteiger partial charge is 0.274 e. The number of halogens is 1. The second kappa shape index (κ2) is 7.67. The van der Waals surface area contributed by atoms with Crippen LogP contribution in [0.1, 0.15) is 25.4 Å². The first kappa shape index (κ1) is 18.1. The van der Waals surface area contributed by atoms with Crippen molar-refractivity contribution in [3.05, 3.63) is 51.8 Å². The number of rotatable bonds is 5. The number of carbonyl (C=O) groups excluding carboxylic acids is 1. The number of para-hydroxylation sites is 1. The number of H-pyrrole nitrogens is 1. The fourth-order valence-electron chi connectivity index (χ4n) is 2.27. The molecule has 134 valence electrons. The minimum absolute atomic E-state index is 0.156. The monoisotopic (exact) mass is 390 g/mol. The van der Waals surface area contributed by atoms with Crippen LogP contribution in [0.15, 0.2) is 34.7 Å². The van der Waals surface area contributed by atoms with Crippen LogP contribution < -0.4 is 4.90 Å². The van der Waals surface area contributed by atoms with Crippen LogP contribution in [-0.4, -0.2) is 32.0 Å². The summed E-state index contributed by atoms with van der Waals surface area (Å²) >= 11 is 6.35. The van der Waals surface area contributed by atoms with Crippen LogP contribution >= 0.6 is 23.6 Å². The van der Waals surface area contributed by atoms with E-state index in [2.05, 4.69) is 20.3 Å². The maximum absolute atomic E-state index is 14.1. The van der Waals surface area contributed by atoms with E-state index in [1.807, 2.05) is 6.92 Å². The number of aromatic amines is 1. The van der Waals surface area contributed by atoms with Crippen molar-refractivity contribution in [3.63, 3.8) is 0 Å². The Morgan fingerprint density at radius 2 is 2.27 bits per heavy atom. The third-order valence-electron chi connectivity index (χ3n) is 3.45. The quantitative estimate of drug-likeness (QED) is 0.533. The summed E-state index contributed by atoms with van der Waals surface area (Å²) < 4.78 is 16.0. The number of hydrogen-bond donors (Lipinski definition) is 1. The van der Waals surface area contributed by atoms with E-state index in [4.69, 9.17) is 12.2 Å². The SMILES string of the molecule is CCc1n[nH]c(=S)n1/N=C\c1csc(N(C(C)=O)c2ccccc2F)n1. The summed E-state index contributed by atoms with van der Waals surface area (Å²) in [7, 11) is 0. The molecule has 1 aromatic carbocycles. The van der Waals surface area contributed by atoms with Gasteiger partial charge in [0.2, 0.25) is 10.7 Å². The lowest BCUT2D eigenvalue weighted by molar-refractivity contribution is -0.115. The normalized spacial score (nSPS) is 11.2. The molecule has 3 rings (SSSR count). The first-order valence-electron chi connectivity index (χ1n) is 7.72. The summed E-state index contributed by atoms with van der Waals surface area (Å²) in [6.45, 7) is 3.30. The number of aromatic nitrogens is 4. The highest BCUT2D eigenvalue weighted by Crippen LogP contribution is 2.30. The van der Waals surface area contributed by atoms with Crippen molar-refractivity contribution in [2.45, 2.75) is 20.3 Å². The number of amides is 1. The lowest BCUT2D eigenvalue weighted by Gasteiger charge is -2.18. The maximum Gasteiger partial charge on any atom is 0.230 e. The van der Waals surface area contributed by atoms with Crippen LogP contribution in [-0.2, 0) is 11.2 Å². The Kier molecular flexibility index (Phi) is 5.33. The Bertz CT molecular complexity index is 1020. The molecule has 0 aliphatic rings.